The number of hydrogen-bond acceptors (Lipinski definition) is 3. The summed E-state index contributed by atoms with van der Waals surface area (Å²) in [4.78, 5) is 8.32. The first-order chi connectivity index (χ1) is 9.83. The number of hydrogen-bond donors (Lipinski definition) is 1. The topological polar surface area (TPSA) is 46.0 Å². The Labute approximate surface area is 117 Å². The summed E-state index contributed by atoms with van der Waals surface area (Å²) in [6.07, 6.45) is 6.40. The molecule has 100 valence electrons. The predicted octanol–water partition coefficient (Wildman–Crippen LogP) is 3.30. The Morgan fingerprint density at radius 3 is 2.70 bits per heavy atom. The van der Waals surface area contributed by atoms with Crippen molar-refractivity contribution in [2.45, 2.75) is 18.9 Å². The molecule has 1 unspecified atom stereocenters. The van der Waals surface area contributed by atoms with E-state index < -0.39 is 6.10 Å². The van der Waals surface area contributed by atoms with E-state index >= 15 is 0 Å². The molecule has 3 aromatic rings. The third-order valence-electron chi connectivity index (χ3n) is 3.47. The number of fused-ring (bicyclic) bond motifs is 1. The zero-order chi connectivity index (χ0) is 13.8. The smallest absolute Gasteiger partial charge is 0.0794 e. The van der Waals surface area contributed by atoms with Crippen LogP contribution >= 0.6 is 0 Å². The first-order valence-corrected chi connectivity index (χ1v) is 6.74. The van der Waals surface area contributed by atoms with Crippen molar-refractivity contribution in [3.8, 4) is 0 Å². The van der Waals surface area contributed by atoms with Gasteiger partial charge in [0.2, 0.25) is 0 Å². The highest BCUT2D eigenvalue weighted by Gasteiger charge is 2.08. The van der Waals surface area contributed by atoms with E-state index in [1.807, 2.05) is 42.5 Å². The van der Waals surface area contributed by atoms with Crippen LogP contribution in [-0.2, 0) is 6.42 Å². The van der Waals surface area contributed by atoms with E-state index in [0.29, 0.717) is 6.42 Å². The van der Waals surface area contributed by atoms with E-state index in [0.717, 1.165) is 22.9 Å². The van der Waals surface area contributed by atoms with Gasteiger partial charge in [0.15, 0.2) is 0 Å². The number of aliphatic hydroxyl groups is 1. The van der Waals surface area contributed by atoms with Crippen LogP contribution < -0.4 is 0 Å². The first-order valence-electron chi connectivity index (χ1n) is 6.74. The van der Waals surface area contributed by atoms with Gasteiger partial charge in [-0.3, -0.25) is 9.97 Å². The van der Waals surface area contributed by atoms with Crippen molar-refractivity contribution in [1.82, 2.24) is 9.97 Å². The fourth-order valence-electron chi connectivity index (χ4n) is 2.31. The number of nitrogens with zero attached hydrogens (tertiary/aromatic N) is 2. The Kier molecular flexibility index (Phi) is 3.70. The second-order valence-electron chi connectivity index (χ2n) is 4.87. The van der Waals surface area contributed by atoms with Crippen LogP contribution in [0.5, 0.6) is 0 Å². The molecule has 3 nitrogen and oxygen atoms in total. The van der Waals surface area contributed by atoms with Crippen LogP contribution in [0.3, 0.4) is 0 Å². The van der Waals surface area contributed by atoms with Crippen LogP contribution in [0.15, 0.2) is 61.1 Å². The molecule has 0 aliphatic rings. The minimum atomic E-state index is -0.463. The van der Waals surface area contributed by atoms with E-state index in [1.54, 1.807) is 18.6 Å². The standard InChI is InChI=1S/C17H16N2O/c20-17(6-3-13-7-10-18-11-8-13)15-5-4-14-2-1-9-19-16(14)12-15/h1-2,4-5,7-12,17,20H,3,6H2. The molecule has 3 heteroatoms. The molecule has 1 aromatic carbocycles. The molecular formula is C17H16N2O. The van der Waals surface area contributed by atoms with Crippen molar-refractivity contribution < 1.29 is 5.11 Å². The van der Waals surface area contributed by atoms with Gasteiger partial charge in [-0.05, 0) is 48.2 Å². The van der Waals surface area contributed by atoms with Crippen molar-refractivity contribution in [2.24, 2.45) is 0 Å². The summed E-state index contributed by atoms with van der Waals surface area (Å²) in [6, 6.07) is 13.8. The number of rotatable bonds is 4. The summed E-state index contributed by atoms with van der Waals surface area (Å²) >= 11 is 0. The van der Waals surface area contributed by atoms with Crippen LogP contribution in [0.25, 0.3) is 10.9 Å². The zero-order valence-electron chi connectivity index (χ0n) is 11.1. The van der Waals surface area contributed by atoms with Gasteiger partial charge in [-0.25, -0.2) is 0 Å². The lowest BCUT2D eigenvalue weighted by Gasteiger charge is -2.11. The Morgan fingerprint density at radius 1 is 1.00 bits per heavy atom. The van der Waals surface area contributed by atoms with Gasteiger partial charge in [-0.2, -0.15) is 0 Å². The Morgan fingerprint density at radius 2 is 1.85 bits per heavy atom. The molecule has 1 atom stereocenters. The van der Waals surface area contributed by atoms with Gasteiger partial charge in [0.1, 0.15) is 0 Å². The Bertz CT molecular complexity index is 697. The van der Waals surface area contributed by atoms with Crippen LogP contribution in [0, 0.1) is 0 Å². The summed E-state index contributed by atoms with van der Waals surface area (Å²) in [5, 5.41) is 11.4. The average molecular weight is 264 g/mol. The number of pyridine rings is 2. The van der Waals surface area contributed by atoms with Crippen LogP contribution in [-0.4, -0.2) is 15.1 Å². The first kappa shape index (κ1) is 12.8. The molecule has 0 bridgehead atoms. The molecule has 0 radical (unpaired) electrons. The molecule has 20 heavy (non-hydrogen) atoms. The molecule has 2 heterocycles. The molecule has 2 aromatic heterocycles. The lowest BCUT2D eigenvalue weighted by Crippen LogP contribution is -2.00. The summed E-state index contributed by atoms with van der Waals surface area (Å²) in [7, 11) is 0. The van der Waals surface area contributed by atoms with Crippen molar-refractivity contribution in [3.05, 3.63) is 72.2 Å². The van der Waals surface area contributed by atoms with Crippen LogP contribution in [0.4, 0.5) is 0 Å². The summed E-state index contributed by atoms with van der Waals surface area (Å²) < 4.78 is 0. The lowest BCUT2D eigenvalue weighted by atomic mass is 10.0. The molecule has 0 saturated heterocycles. The van der Waals surface area contributed by atoms with Gasteiger partial charge in [0.25, 0.3) is 0 Å². The minimum absolute atomic E-state index is 0.463. The molecule has 0 spiro atoms. The molecule has 0 aliphatic carbocycles. The molecule has 1 N–H and O–H groups in total. The minimum Gasteiger partial charge on any atom is -0.388 e. The SMILES string of the molecule is OC(CCc1ccncc1)c1ccc2cccnc2c1. The molecule has 0 saturated carbocycles. The lowest BCUT2D eigenvalue weighted by molar-refractivity contribution is 0.168. The van der Waals surface area contributed by atoms with Crippen LogP contribution in [0.2, 0.25) is 0 Å². The fraction of sp³-hybridized carbons (Fsp3) is 0.176. The van der Waals surface area contributed by atoms with Crippen LogP contribution in [0.1, 0.15) is 23.7 Å². The number of aryl methyl sites for hydroxylation is 1. The molecule has 0 aliphatic heterocycles. The van der Waals surface area contributed by atoms with Gasteiger partial charge in [0, 0.05) is 24.0 Å². The molecular weight excluding hydrogens is 248 g/mol. The summed E-state index contributed by atoms with van der Waals surface area (Å²) in [5.41, 5.74) is 3.04. The third-order valence-corrected chi connectivity index (χ3v) is 3.47. The summed E-state index contributed by atoms with van der Waals surface area (Å²) in [5.74, 6) is 0. The Hall–Kier alpha value is -2.26. The number of aliphatic hydroxyl groups excluding tert-OH is 1. The highest BCUT2D eigenvalue weighted by Crippen LogP contribution is 2.22. The van der Waals surface area contributed by atoms with Crippen molar-refractivity contribution >= 4 is 10.9 Å². The monoisotopic (exact) mass is 264 g/mol. The predicted molar refractivity (Wildman–Crippen MR) is 79.3 cm³/mol. The highest BCUT2D eigenvalue weighted by molar-refractivity contribution is 5.78. The maximum Gasteiger partial charge on any atom is 0.0794 e. The third kappa shape index (κ3) is 2.83. The largest absolute Gasteiger partial charge is 0.388 e. The van der Waals surface area contributed by atoms with Crippen molar-refractivity contribution in [1.29, 1.82) is 0 Å². The quantitative estimate of drug-likeness (QED) is 0.786. The second-order valence-corrected chi connectivity index (χ2v) is 4.87. The van der Waals surface area contributed by atoms with E-state index in [4.69, 9.17) is 0 Å². The van der Waals surface area contributed by atoms with Gasteiger partial charge in [-0.1, -0.05) is 18.2 Å². The number of aromatic nitrogens is 2. The maximum atomic E-state index is 10.3. The van der Waals surface area contributed by atoms with Gasteiger partial charge in [0.05, 0.1) is 11.6 Å². The molecule has 0 fully saturated rings. The van der Waals surface area contributed by atoms with Gasteiger partial charge in [-0.15, -0.1) is 0 Å². The highest BCUT2D eigenvalue weighted by atomic mass is 16.3. The average Bonchev–Trinajstić information content (AvgIpc) is 2.53. The number of benzene rings is 1. The zero-order valence-corrected chi connectivity index (χ0v) is 11.1. The van der Waals surface area contributed by atoms with Crippen molar-refractivity contribution in [3.63, 3.8) is 0 Å². The normalized spacial score (nSPS) is 12.4. The van der Waals surface area contributed by atoms with Crippen molar-refractivity contribution in [2.75, 3.05) is 0 Å². The van der Waals surface area contributed by atoms with Gasteiger partial charge < -0.3 is 5.11 Å². The van der Waals surface area contributed by atoms with Gasteiger partial charge >= 0.3 is 0 Å². The van der Waals surface area contributed by atoms with E-state index in [-0.39, 0.29) is 0 Å². The Balaban J connectivity index is 1.73. The molecule has 3 rings (SSSR count). The van der Waals surface area contributed by atoms with E-state index in [9.17, 15) is 5.11 Å². The molecule has 0 amide bonds. The summed E-state index contributed by atoms with van der Waals surface area (Å²) in [6.45, 7) is 0. The second kappa shape index (κ2) is 5.80. The van der Waals surface area contributed by atoms with E-state index in [2.05, 4.69) is 9.97 Å². The fourth-order valence-corrected chi connectivity index (χ4v) is 2.31. The van der Waals surface area contributed by atoms with E-state index in [1.165, 1.54) is 5.56 Å². The maximum absolute atomic E-state index is 10.3.